The highest BCUT2D eigenvalue weighted by Gasteiger charge is 2.15. The van der Waals surface area contributed by atoms with Crippen molar-refractivity contribution in [3.8, 4) is 0 Å². The summed E-state index contributed by atoms with van der Waals surface area (Å²) in [5.74, 6) is -0.557. The molecule has 1 aromatic rings. The second kappa shape index (κ2) is 7.67. The number of hydrogen-bond acceptors (Lipinski definition) is 2. The zero-order valence-corrected chi connectivity index (χ0v) is 13.1. The van der Waals surface area contributed by atoms with E-state index in [-0.39, 0.29) is 11.6 Å². The molecule has 116 valence electrons. The fourth-order valence-corrected chi connectivity index (χ4v) is 1.99. The third-order valence-electron chi connectivity index (χ3n) is 3.62. The molecular weight excluding hydrogens is 268 g/mol. The second-order valence-corrected chi connectivity index (χ2v) is 5.32. The van der Waals surface area contributed by atoms with E-state index in [0.29, 0.717) is 30.3 Å². The fourth-order valence-electron chi connectivity index (χ4n) is 1.99. The van der Waals surface area contributed by atoms with Crippen LogP contribution in [-0.4, -0.2) is 35.1 Å². The number of amides is 2. The lowest BCUT2D eigenvalue weighted by Crippen LogP contribution is -2.37. The maximum atomic E-state index is 12.2. The molecule has 5 heteroatoms. The van der Waals surface area contributed by atoms with Crippen LogP contribution in [0.3, 0.4) is 0 Å². The van der Waals surface area contributed by atoms with Crippen molar-refractivity contribution in [3.63, 3.8) is 0 Å². The minimum Gasteiger partial charge on any atom is -0.478 e. The van der Waals surface area contributed by atoms with Gasteiger partial charge in [-0.25, -0.2) is 9.59 Å². The van der Waals surface area contributed by atoms with Crippen molar-refractivity contribution in [2.45, 2.75) is 34.1 Å². The van der Waals surface area contributed by atoms with Crippen LogP contribution in [0.25, 0.3) is 0 Å². The third kappa shape index (κ3) is 4.77. The standard InChI is InChI=1S/C16H24N2O3/c1-5-11(3)10-18(6-2)16(21)17-13-8-7-12(4)14(9-13)15(19)20/h7-9,11H,5-6,10H2,1-4H3,(H,17,21)(H,19,20). The largest absolute Gasteiger partial charge is 0.478 e. The topological polar surface area (TPSA) is 69.6 Å². The van der Waals surface area contributed by atoms with Gasteiger partial charge in [-0.2, -0.15) is 0 Å². The van der Waals surface area contributed by atoms with Gasteiger partial charge in [0, 0.05) is 18.8 Å². The molecule has 0 saturated carbocycles. The maximum absolute atomic E-state index is 12.2. The van der Waals surface area contributed by atoms with Crippen LogP contribution in [0, 0.1) is 12.8 Å². The van der Waals surface area contributed by atoms with Crippen LogP contribution >= 0.6 is 0 Å². The maximum Gasteiger partial charge on any atom is 0.336 e. The predicted molar refractivity (Wildman–Crippen MR) is 83.9 cm³/mol. The highest BCUT2D eigenvalue weighted by molar-refractivity contribution is 5.94. The number of carboxylic acid groups (broad SMARTS) is 1. The number of benzene rings is 1. The Labute approximate surface area is 126 Å². The summed E-state index contributed by atoms with van der Waals surface area (Å²) in [6.45, 7) is 9.17. The van der Waals surface area contributed by atoms with Crippen LogP contribution in [0.2, 0.25) is 0 Å². The van der Waals surface area contributed by atoms with Gasteiger partial charge in [-0.15, -0.1) is 0 Å². The van der Waals surface area contributed by atoms with Crippen molar-refractivity contribution in [3.05, 3.63) is 29.3 Å². The van der Waals surface area contributed by atoms with Gasteiger partial charge in [-0.3, -0.25) is 0 Å². The van der Waals surface area contributed by atoms with Crippen LogP contribution in [0.5, 0.6) is 0 Å². The molecule has 0 bridgehead atoms. The number of anilines is 1. The summed E-state index contributed by atoms with van der Waals surface area (Å²) in [6, 6.07) is 4.71. The average molecular weight is 292 g/mol. The third-order valence-corrected chi connectivity index (χ3v) is 3.62. The molecule has 1 unspecified atom stereocenters. The highest BCUT2D eigenvalue weighted by atomic mass is 16.4. The molecule has 2 amide bonds. The number of hydrogen-bond donors (Lipinski definition) is 2. The smallest absolute Gasteiger partial charge is 0.336 e. The SMILES string of the molecule is CCC(C)CN(CC)C(=O)Nc1ccc(C)c(C(=O)O)c1. The first-order valence-corrected chi connectivity index (χ1v) is 7.28. The van der Waals surface area contributed by atoms with Crippen molar-refractivity contribution < 1.29 is 14.7 Å². The summed E-state index contributed by atoms with van der Waals surface area (Å²) in [6.07, 6.45) is 1.01. The number of nitrogens with zero attached hydrogens (tertiary/aromatic N) is 1. The number of carbonyl (C=O) groups excluding carboxylic acids is 1. The van der Waals surface area contributed by atoms with E-state index in [9.17, 15) is 9.59 Å². The summed E-state index contributed by atoms with van der Waals surface area (Å²) in [5.41, 5.74) is 1.39. The molecule has 0 radical (unpaired) electrons. The quantitative estimate of drug-likeness (QED) is 0.841. The monoisotopic (exact) mass is 292 g/mol. The number of nitrogens with one attached hydrogen (secondary N) is 1. The molecule has 0 aromatic heterocycles. The zero-order chi connectivity index (χ0) is 16.0. The Bertz CT molecular complexity index is 514. The van der Waals surface area contributed by atoms with Crippen LogP contribution in [-0.2, 0) is 0 Å². The minimum atomic E-state index is -0.990. The predicted octanol–water partition coefficient (Wildman–Crippen LogP) is 3.59. The van der Waals surface area contributed by atoms with Gasteiger partial charge in [0.1, 0.15) is 0 Å². The van der Waals surface area contributed by atoms with E-state index in [1.54, 1.807) is 24.0 Å². The molecule has 1 atom stereocenters. The number of carboxylic acids is 1. The van der Waals surface area contributed by atoms with Gasteiger partial charge in [0.15, 0.2) is 0 Å². The molecule has 0 aliphatic carbocycles. The lowest BCUT2D eigenvalue weighted by Gasteiger charge is -2.24. The number of carbonyl (C=O) groups is 2. The molecular formula is C16H24N2O3. The van der Waals surface area contributed by atoms with E-state index in [4.69, 9.17) is 5.11 Å². The van der Waals surface area contributed by atoms with Crippen LogP contribution in [0.1, 0.15) is 43.1 Å². The first kappa shape index (κ1) is 17.0. The fraction of sp³-hybridized carbons (Fsp3) is 0.500. The second-order valence-electron chi connectivity index (χ2n) is 5.32. The van der Waals surface area contributed by atoms with Crippen molar-refractivity contribution in [2.75, 3.05) is 18.4 Å². The lowest BCUT2D eigenvalue weighted by molar-refractivity contribution is 0.0696. The van der Waals surface area contributed by atoms with Crippen molar-refractivity contribution in [2.24, 2.45) is 5.92 Å². The Hall–Kier alpha value is -2.04. The molecule has 0 heterocycles. The van der Waals surface area contributed by atoms with E-state index in [1.165, 1.54) is 6.07 Å². The van der Waals surface area contributed by atoms with Gasteiger partial charge >= 0.3 is 12.0 Å². The molecule has 2 N–H and O–H groups in total. The van der Waals surface area contributed by atoms with Crippen molar-refractivity contribution in [1.29, 1.82) is 0 Å². The molecule has 21 heavy (non-hydrogen) atoms. The number of urea groups is 1. The van der Waals surface area contributed by atoms with Crippen molar-refractivity contribution in [1.82, 2.24) is 4.90 Å². The first-order valence-electron chi connectivity index (χ1n) is 7.28. The Morgan fingerprint density at radius 1 is 1.33 bits per heavy atom. The van der Waals surface area contributed by atoms with Crippen LogP contribution < -0.4 is 5.32 Å². The molecule has 0 fully saturated rings. The molecule has 0 spiro atoms. The number of rotatable bonds is 6. The Morgan fingerprint density at radius 2 is 2.00 bits per heavy atom. The Morgan fingerprint density at radius 3 is 2.52 bits per heavy atom. The molecule has 1 aromatic carbocycles. The Balaban J connectivity index is 2.82. The molecule has 0 saturated heterocycles. The van der Waals surface area contributed by atoms with E-state index >= 15 is 0 Å². The summed E-state index contributed by atoms with van der Waals surface area (Å²) in [7, 11) is 0. The van der Waals surface area contributed by atoms with Crippen LogP contribution in [0.15, 0.2) is 18.2 Å². The van der Waals surface area contributed by atoms with Gasteiger partial charge in [0.25, 0.3) is 0 Å². The van der Waals surface area contributed by atoms with Crippen molar-refractivity contribution >= 4 is 17.7 Å². The summed E-state index contributed by atoms with van der Waals surface area (Å²) >= 11 is 0. The summed E-state index contributed by atoms with van der Waals surface area (Å²) < 4.78 is 0. The molecule has 5 nitrogen and oxygen atoms in total. The van der Waals surface area contributed by atoms with Crippen LogP contribution in [0.4, 0.5) is 10.5 Å². The van der Waals surface area contributed by atoms with Gasteiger partial charge in [0.2, 0.25) is 0 Å². The van der Waals surface area contributed by atoms with Gasteiger partial charge < -0.3 is 15.3 Å². The Kier molecular flexibility index (Phi) is 6.21. The van der Waals surface area contributed by atoms with Gasteiger partial charge in [0.05, 0.1) is 5.56 Å². The number of aromatic carboxylic acids is 1. The minimum absolute atomic E-state index is 0.196. The van der Waals surface area contributed by atoms with E-state index in [1.807, 2.05) is 6.92 Å². The number of aryl methyl sites for hydroxylation is 1. The van der Waals surface area contributed by atoms with Gasteiger partial charge in [-0.1, -0.05) is 26.3 Å². The zero-order valence-electron chi connectivity index (χ0n) is 13.1. The molecule has 1 rings (SSSR count). The first-order chi connectivity index (χ1) is 9.88. The summed E-state index contributed by atoms with van der Waals surface area (Å²) in [5, 5.41) is 11.9. The van der Waals surface area contributed by atoms with Gasteiger partial charge in [-0.05, 0) is 37.5 Å². The van der Waals surface area contributed by atoms with E-state index < -0.39 is 5.97 Å². The van der Waals surface area contributed by atoms with E-state index in [2.05, 4.69) is 19.2 Å². The highest BCUT2D eigenvalue weighted by Crippen LogP contribution is 2.16. The lowest BCUT2D eigenvalue weighted by atomic mass is 10.1. The van der Waals surface area contributed by atoms with E-state index in [0.717, 1.165) is 6.42 Å². The molecule has 0 aliphatic rings. The summed E-state index contributed by atoms with van der Waals surface area (Å²) in [4.78, 5) is 25.1. The molecule has 0 aliphatic heterocycles. The normalized spacial score (nSPS) is 11.8. The average Bonchev–Trinajstić information content (AvgIpc) is 2.45.